The third-order valence-electron chi connectivity index (χ3n) is 4.41. The van der Waals surface area contributed by atoms with Gasteiger partial charge in [-0.15, -0.1) is 0 Å². The topological polar surface area (TPSA) is 83.5 Å². The lowest BCUT2D eigenvalue weighted by Crippen LogP contribution is -2.14. The molecule has 5 nitrogen and oxygen atoms in total. The predicted octanol–water partition coefficient (Wildman–Crippen LogP) is 5.26. The SMILES string of the molecule is Cc1ccc(Sc2ccc(NS(=O)(=O)c3ccc(C)c(C(=O)O)c3)cc2)c(C)c1. The van der Waals surface area contributed by atoms with Gasteiger partial charge in [-0.05, 0) is 74.4 Å². The molecule has 0 aromatic heterocycles. The van der Waals surface area contributed by atoms with Gasteiger partial charge in [-0.3, -0.25) is 4.72 Å². The van der Waals surface area contributed by atoms with Crippen LogP contribution in [0, 0.1) is 20.8 Å². The first kappa shape index (κ1) is 21.0. The number of aromatic carboxylic acids is 1. The Labute approximate surface area is 174 Å². The highest BCUT2D eigenvalue weighted by Crippen LogP contribution is 2.31. The van der Waals surface area contributed by atoms with Gasteiger partial charge in [-0.1, -0.05) is 35.5 Å². The molecule has 0 atom stereocenters. The minimum atomic E-state index is -3.89. The van der Waals surface area contributed by atoms with Crippen LogP contribution in [0.2, 0.25) is 0 Å². The van der Waals surface area contributed by atoms with Crippen molar-refractivity contribution in [3.05, 3.63) is 82.9 Å². The number of carbonyl (C=O) groups is 1. The minimum Gasteiger partial charge on any atom is -0.478 e. The van der Waals surface area contributed by atoms with E-state index in [0.717, 1.165) is 9.79 Å². The number of sulfonamides is 1. The lowest BCUT2D eigenvalue weighted by atomic mass is 10.1. The summed E-state index contributed by atoms with van der Waals surface area (Å²) in [7, 11) is -3.89. The third-order valence-corrected chi connectivity index (χ3v) is 6.98. The largest absolute Gasteiger partial charge is 0.478 e. The zero-order valence-electron chi connectivity index (χ0n) is 16.3. The molecule has 3 aromatic rings. The van der Waals surface area contributed by atoms with Crippen molar-refractivity contribution >= 4 is 33.4 Å². The van der Waals surface area contributed by atoms with Gasteiger partial charge in [0, 0.05) is 15.5 Å². The number of carboxylic acid groups (broad SMARTS) is 1. The second-order valence-corrected chi connectivity index (χ2v) is 9.58. The fourth-order valence-corrected chi connectivity index (χ4v) is 4.81. The van der Waals surface area contributed by atoms with E-state index >= 15 is 0 Å². The maximum absolute atomic E-state index is 12.6. The number of nitrogens with one attached hydrogen (secondary N) is 1. The number of rotatable bonds is 6. The van der Waals surface area contributed by atoms with Crippen LogP contribution < -0.4 is 4.72 Å². The van der Waals surface area contributed by atoms with Crippen LogP contribution in [-0.4, -0.2) is 19.5 Å². The Hall–Kier alpha value is -2.77. The number of aryl methyl sites for hydroxylation is 3. The molecule has 0 amide bonds. The normalized spacial score (nSPS) is 11.3. The summed E-state index contributed by atoms with van der Waals surface area (Å²) in [6, 6.07) is 17.4. The van der Waals surface area contributed by atoms with E-state index in [1.165, 1.54) is 29.3 Å². The van der Waals surface area contributed by atoms with Crippen LogP contribution in [0.4, 0.5) is 5.69 Å². The molecule has 150 valence electrons. The van der Waals surface area contributed by atoms with Gasteiger partial charge >= 0.3 is 5.97 Å². The Morgan fingerprint density at radius 2 is 1.59 bits per heavy atom. The Kier molecular flexibility index (Phi) is 6.00. The van der Waals surface area contributed by atoms with Crippen molar-refractivity contribution in [2.75, 3.05) is 4.72 Å². The summed E-state index contributed by atoms with van der Waals surface area (Å²) in [5.41, 5.74) is 3.27. The number of hydrogen-bond acceptors (Lipinski definition) is 4. The molecule has 0 aliphatic rings. The van der Waals surface area contributed by atoms with Gasteiger partial charge in [0.2, 0.25) is 0 Å². The fourth-order valence-electron chi connectivity index (χ4n) is 2.84. The lowest BCUT2D eigenvalue weighted by Gasteiger charge is -2.11. The minimum absolute atomic E-state index is 0.0342. The molecule has 0 fully saturated rings. The molecule has 29 heavy (non-hydrogen) atoms. The van der Waals surface area contributed by atoms with Crippen molar-refractivity contribution in [2.45, 2.75) is 35.5 Å². The highest BCUT2D eigenvalue weighted by Gasteiger charge is 2.18. The molecule has 0 aliphatic carbocycles. The molecule has 0 heterocycles. The van der Waals surface area contributed by atoms with E-state index in [-0.39, 0.29) is 10.5 Å². The zero-order valence-corrected chi connectivity index (χ0v) is 17.9. The molecular weight excluding hydrogens is 406 g/mol. The monoisotopic (exact) mass is 427 g/mol. The Morgan fingerprint density at radius 1 is 0.897 bits per heavy atom. The van der Waals surface area contributed by atoms with Gasteiger partial charge in [0.05, 0.1) is 10.5 Å². The van der Waals surface area contributed by atoms with Crippen LogP contribution in [0.3, 0.4) is 0 Å². The molecule has 0 unspecified atom stereocenters. The Bertz CT molecular complexity index is 1170. The summed E-state index contributed by atoms with van der Waals surface area (Å²) >= 11 is 1.61. The van der Waals surface area contributed by atoms with Crippen LogP contribution in [0.15, 0.2) is 75.4 Å². The van der Waals surface area contributed by atoms with Crippen molar-refractivity contribution in [1.82, 2.24) is 0 Å². The van der Waals surface area contributed by atoms with Crippen LogP contribution in [0.25, 0.3) is 0 Å². The number of benzene rings is 3. The summed E-state index contributed by atoms with van der Waals surface area (Å²) in [5, 5.41) is 9.21. The van der Waals surface area contributed by atoms with Gasteiger partial charge in [-0.2, -0.15) is 0 Å². The van der Waals surface area contributed by atoms with E-state index in [1.54, 1.807) is 30.8 Å². The molecule has 7 heteroatoms. The van der Waals surface area contributed by atoms with Crippen LogP contribution in [-0.2, 0) is 10.0 Å². The quantitative estimate of drug-likeness (QED) is 0.560. The highest BCUT2D eigenvalue weighted by atomic mass is 32.2. The molecule has 0 aliphatic heterocycles. The first-order chi connectivity index (χ1) is 13.7. The fraction of sp³-hybridized carbons (Fsp3) is 0.136. The smallest absolute Gasteiger partial charge is 0.335 e. The average molecular weight is 428 g/mol. The molecule has 0 bridgehead atoms. The van der Waals surface area contributed by atoms with Gasteiger partial charge in [0.25, 0.3) is 10.0 Å². The van der Waals surface area contributed by atoms with E-state index in [1.807, 2.05) is 12.1 Å². The average Bonchev–Trinajstić information content (AvgIpc) is 2.65. The number of anilines is 1. The van der Waals surface area contributed by atoms with E-state index < -0.39 is 16.0 Å². The molecule has 3 rings (SSSR count). The Morgan fingerprint density at radius 3 is 2.21 bits per heavy atom. The van der Waals surface area contributed by atoms with Crippen LogP contribution in [0.5, 0.6) is 0 Å². The maximum atomic E-state index is 12.6. The van der Waals surface area contributed by atoms with E-state index in [9.17, 15) is 18.3 Å². The third kappa shape index (κ3) is 4.99. The second-order valence-electron chi connectivity index (χ2n) is 6.78. The first-order valence-corrected chi connectivity index (χ1v) is 11.2. The molecular formula is C22H21NO4S2. The van der Waals surface area contributed by atoms with Crippen molar-refractivity contribution in [1.29, 1.82) is 0 Å². The van der Waals surface area contributed by atoms with Gasteiger partial charge < -0.3 is 5.11 Å². The Balaban J connectivity index is 1.78. The summed E-state index contributed by atoms with van der Waals surface area (Å²) < 4.78 is 27.8. The molecule has 0 spiro atoms. The molecule has 0 saturated carbocycles. The van der Waals surface area contributed by atoms with Gasteiger partial charge in [0.15, 0.2) is 0 Å². The van der Waals surface area contributed by atoms with Crippen LogP contribution >= 0.6 is 11.8 Å². The van der Waals surface area contributed by atoms with Crippen molar-refractivity contribution in [3.8, 4) is 0 Å². The summed E-state index contributed by atoms with van der Waals surface area (Å²) in [4.78, 5) is 13.3. The molecule has 0 radical (unpaired) electrons. The first-order valence-electron chi connectivity index (χ1n) is 8.87. The molecule has 3 aromatic carbocycles. The molecule has 2 N–H and O–H groups in total. The van der Waals surface area contributed by atoms with E-state index in [4.69, 9.17) is 0 Å². The van der Waals surface area contributed by atoms with Crippen molar-refractivity contribution in [3.63, 3.8) is 0 Å². The standard InChI is InChI=1S/C22H21NO4S2/c1-14-4-11-21(16(3)12-14)28-18-8-6-17(7-9-18)23-29(26,27)19-10-5-15(2)20(13-19)22(24)25/h4-13,23H,1-3H3,(H,24,25). The highest BCUT2D eigenvalue weighted by molar-refractivity contribution is 7.99. The van der Waals surface area contributed by atoms with Gasteiger partial charge in [0.1, 0.15) is 0 Å². The summed E-state index contributed by atoms with van der Waals surface area (Å²) in [5.74, 6) is -1.16. The maximum Gasteiger partial charge on any atom is 0.335 e. The summed E-state index contributed by atoms with van der Waals surface area (Å²) in [6.07, 6.45) is 0. The summed E-state index contributed by atoms with van der Waals surface area (Å²) in [6.45, 7) is 5.74. The van der Waals surface area contributed by atoms with Crippen LogP contribution in [0.1, 0.15) is 27.0 Å². The number of carboxylic acids is 1. The zero-order chi connectivity index (χ0) is 21.2. The molecule has 0 saturated heterocycles. The number of hydrogen-bond donors (Lipinski definition) is 2. The van der Waals surface area contributed by atoms with Crippen molar-refractivity contribution in [2.24, 2.45) is 0 Å². The predicted molar refractivity (Wildman–Crippen MR) is 115 cm³/mol. The second kappa shape index (κ2) is 8.31. The van der Waals surface area contributed by atoms with Crippen molar-refractivity contribution < 1.29 is 18.3 Å². The lowest BCUT2D eigenvalue weighted by molar-refractivity contribution is 0.0696. The van der Waals surface area contributed by atoms with Gasteiger partial charge in [-0.25, -0.2) is 13.2 Å². The van der Waals surface area contributed by atoms with E-state index in [2.05, 4.69) is 36.8 Å². The van der Waals surface area contributed by atoms with E-state index in [0.29, 0.717) is 11.3 Å².